The van der Waals surface area contributed by atoms with Crippen molar-refractivity contribution < 1.29 is 23.9 Å². The maximum Gasteiger partial charge on any atom is 0.408 e. The van der Waals surface area contributed by atoms with E-state index in [2.05, 4.69) is 5.32 Å². The van der Waals surface area contributed by atoms with E-state index in [0.29, 0.717) is 0 Å². The van der Waals surface area contributed by atoms with Gasteiger partial charge < -0.3 is 14.8 Å². The van der Waals surface area contributed by atoms with Crippen LogP contribution in [0.5, 0.6) is 0 Å². The lowest BCUT2D eigenvalue weighted by atomic mass is 10.1. The van der Waals surface area contributed by atoms with Crippen LogP contribution in [0.25, 0.3) is 0 Å². The van der Waals surface area contributed by atoms with Gasteiger partial charge in [-0.3, -0.25) is 4.79 Å². The fourth-order valence-corrected chi connectivity index (χ4v) is 1.13. The average Bonchev–Trinajstić information content (AvgIpc) is 2.22. The number of alkyl carbamates (subject to hydrolysis) is 1. The van der Waals surface area contributed by atoms with Gasteiger partial charge in [-0.2, -0.15) is 0 Å². The Labute approximate surface area is 107 Å². The van der Waals surface area contributed by atoms with Crippen LogP contribution in [-0.2, 0) is 19.1 Å². The summed E-state index contributed by atoms with van der Waals surface area (Å²) >= 11 is 0. The third-order valence-electron chi connectivity index (χ3n) is 1.85. The molecular formula is C12H21NO5. The molecule has 0 heterocycles. The molecule has 0 rings (SSSR count). The van der Waals surface area contributed by atoms with Crippen molar-refractivity contribution in [1.29, 1.82) is 0 Å². The monoisotopic (exact) mass is 259 g/mol. The van der Waals surface area contributed by atoms with E-state index < -0.39 is 29.5 Å². The molecule has 1 amide bonds. The zero-order chi connectivity index (χ0) is 14.3. The summed E-state index contributed by atoms with van der Waals surface area (Å²) < 4.78 is 9.71. The smallest absolute Gasteiger partial charge is 0.408 e. The van der Waals surface area contributed by atoms with Gasteiger partial charge in [0.25, 0.3) is 0 Å². The van der Waals surface area contributed by atoms with E-state index in [4.69, 9.17) is 9.47 Å². The van der Waals surface area contributed by atoms with Gasteiger partial charge in [-0.15, -0.1) is 0 Å². The Kier molecular flexibility index (Phi) is 6.36. The minimum atomic E-state index is -1.30. The number of hydrogen-bond donors (Lipinski definition) is 1. The second-order valence-corrected chi connectivity index (χ2v) is 4.65. The van der Waals surface area contributed by atoms with E-state index >= 15 is 0 Å². The molecule has 1 atom stereocenters. The fraction of sp³-hybridized carbons (Fsp3) is 0.750. The van der Waals surface area contributed by atoms with Gasteiger partial charge in [-0.05, 0) is 27.7 Å². The van der Waals surface area contributed by atoms with Crippen LogP contribution in [0.1, 0.15) is 41.0 Å². The van der Waals surface area contributed by atoms with Gasteiger partial charge in [0.1, 0.15) is 5.60 Å². The van der Waals surface area contributed by atoms with Crippen LogP contribution in [0.15, 0.2) is 0 Å². The van der Waals surface area contributed by atoms with Gasteiger partial charge in [-0.1, -0.05) is 6.92 Å². The first-order chi connectivity index (χ1) is 8.21. The maximum absolute atomic E-state index is 11.6. The highest BCUT2D eigenvalue weighted by molar-refractivity contribution is 6.05. The van der Waals surface area contributed by atoms with Gasteiger partial charge in [-0.25, -0.2) is 9.59 Å². The molecule has 0 aliphatic rings. The molecule has 0 aromatic heterocycles. The van der Waals surface area contributed by atoms with Crippen LogP contribution in [-0.4, -0.2) is 36.1 Å². The second-order valence-electron chi connectivity index (χ2n) is 4.65. The van der Waals surface area contributed by atoms with Crippen LogP contribution in [0, 0.1) is 0 Å². The lowest BCUT2D eigenvalue weighted by Crippen LogP contribution is -2.48. The Morgan fingerprint density at radius 3 is 2.11 bits per heavy atom. The van der Waals surface area contributed by atoms with Crippen molar-refractivity contribution in [2.75, 3.05) is 6.61 Å². The molecule has 0 unspecified atom stereocenters. The molecular weight excluding hydrogens is 238 g/mol. The van der Waals surface area contributed by atoms with Gasteiger partial charge in [0.05, 0.1) is 6.61 Å². The number of amides is 1. The van der Waals surface area contributed by atoms with Crippen molar-refractivity contribution in [3.05, 3.63) is 0 Å². The molecule has 0 saturated heterocycles. The molecule has 1 N–H and O–H groups in total. The average molecular weight is 259 g/mol. The number of Topliss-reactive ketones (excluding diaryl/α,β-unsaturated/α-hetero) is 1. The standard InChI is InChI=1S/C12H21NO5/c1-6-8(14)9(10(15)17-7-2)13-11(16)18-12(3,4)5/h9H,6-7H2,1-5H3,(H,13,16)/t9-/m0/s1. The molecule has 0 aliphatic carbocycles. The number of ether oxygens (including phenoxy) is 2. The Bertz CT molecular complexity index is 319. The molecule has 104 valence electrons. The van der Waals surface area contributed by atoms with Gasteiger partial charge in [0.2, 0.25) is 0 Å². The summed E-state index contributed by atoms with van der Waals surface area (Å²) in [4.78, 5) is 34.6. The Morgan fingerprint density at radius 1 is 1.17 bits per heavy atom. The Hall–Kier alpha value is -1.59. The second kappa shape index (κ2) is 6.98. The van der Waals surface area contributed by atoms with Crippen LogP contribution in [0.4, 0.5) is 4.79 Å². The molecule has 6 heteroatoms. The van der Waals surface area contributed by atoms with Crippen molar-refractivity contribution in [3.8, 4) is 0 Å². The summed E-state index contributed by atoms with van der Waals surface area (Å²) in [7, 11) is 0. The van der Waals surface area contributed by atoms with Crippen LogP contribution >= 0.6 is 0 Å². The van der Waals surface area contributed by atoms with E-state index in [1.165, 1.54) is 0 Å². The van der Waals surface area contributed by atoms with Crippen LogP contribution in [0.2, 0.25) is 0 Å². The van der Waals surface area contributed by atoms with E-state index in [1.807, 2.05) is 0 Å². The van der Waals surface area contributed by atoms with Crippen molar-refractivity contribution in [2.45, 2.75) is 52.7 Å². The molecule has 6 nitrogen and oxygen atoms in total. The number of esters is 1. The number of nitrogens with one attached hydrogen (secondary N) is 1. The van der Waals surface area contributed by atoms with E-state index in [1.54, 1.807) is 34.6 Å². The number of carbonyl (C=O) groups excluding carboxylic acids is 3. The SMILES string of the molecule is CCOC(=O)[C@@H](NC(=O)OC(C)(C)C)C(=O)CC. The zero-order valence-corrected chi connectivity index (χ0v) is 11.5. The Morgan fingerprint density at radius 2 is 1.72 bits per heavy atom. The number of hydrogen-bond acceptors (Lipinski definition) is 5. The Balaban J connectivity index is 4.65. The van der Waals surface area contributed by atoms with Crippen LogP contribution in [0.3, 0.4) is 0 Å². The van der Waals surface area contributed by atoms with Crippen molar-refractivity contribution in [1.82, 2.24) is 5.32 Å². The predicted molar refractivity (Wildman–Crippen MR) is 65.1 cm³/mol. The lowest BCUT2D eigenvalue weighted by molar-refractivity contribution is -0.148. The molecule has 18 heavy (non-hydrogen) atoms. The molecule has 0 spiro atoms. The van der Waals surface area contributed by atoms with Gasteiger partial charge in [0, 0.05) is 6.42 Å². The summed E-state index contributed by atoms with van der Waals surface area (Å²) in [5, 5.41) is 2.22. The van der Waals surface area contributed by atoms with Crippen molar-refractivity contribution in [3.63, 3.8) is 0 Å². The molecule has 0 fully saturated rings. The maximum atomic E-state index is 11.6. The summed E-state index contributed by atoms with van der Waals surface area (Å²) in [5.41, 5.74) is -0.696. The summed E-state index contributed by atoms with van der Waals surface area (Å²) in [6.07, 6.45) is -0.693. The minimum absolute atomic E-state index is 0.124. The van der Waals surface area contributed by atoms with Crippen molar-refractivity contribution >= 4 is 17.8 Å². The number of ketones is 1. The van der Waals surface area contributed by atoms with E-state index in [0.717, 1.165) is 0 Å². The molecule has 0 saturated carbocycles. The number of rotatable bonds is 5. The quantitative estimate of drug-likeness (QED) is 0.596. The normalized spacial score (nSPS) is 12.5. The minimum Gasteiger partial charge on any atom is -0.464 e. The third kappa shape index (κ3) is 6.22. The molecule has 0 aromatic carbocycles. The molecule has 0 aromatic rings. The summed E-state index contributed by atoms with van der Waals surface area (Å²) in [6, 6.07) is -1.30. The highest BCUT2D eigenvalue weighted by Crippen LogP contribution is 2.07. The highest BCUT2D eigenvalue weighted by atomic mass is 16.6. The first-order valence-electron chi connectivity index (χ1n) is 5.90. The molecule has 0 aliphatic heterocycles. The molecule has 0 radical (unpaired) electrons. The summed E-state index contributed by atoms with van der Waals surface area (Å²) in [5.74, 6) is -1.19. The first-order valence-corrected chi connectivity index (χ1v) is 5.90. The highest BCUT2D eigenvalue weighted by Gasteiger charge is 2.30. The lowest BCUT2D eigenvalue weighted by Gasteiger charge is -2.22. The predicted octanol–water partition coefficient (Wildman–Crippen LogP) is 1.42. The van der Waals surface area contributed by atoms with Gasteiger partial charge in [0.15, 0.2) is 11.8 Å². The topological polar surface area (TPSA) is 81.7 Å². The summed E-state index contributed by atoms with van der Waals surface area (Å²) in [6.45, 7) is 8.43. The largest absolute Gasteiger partial charge is 0.464 e. The van der Waals surface area contributed by atoms with E-state index in [9.17, 15) is 14.4 Å². The van der Waals surface area contributed by atoms with Gasteiger partial charge >= 0.3 is 12.1 Å². The fourth-order valence-electron chi connectivity index (χ4n) is 1.13. The van der Waals surface area contributed by atoms with Crippen molar-refractivity contribution in [2.24, 2.45) is 0 Å². The third-order valence-corrected chi connectivity index (χ3v) is 1.85. The van der Waals surface area contributed by atoms with Crippen LogP contribution < -0.4 is 5.32 Å². The zero-order valence-electron chi connectivity index (χ0n) is 11.5. The first kappa shape index (κ1) is 16.4. The number of carbonyl (C=O) groups is 3. The molecule has 0 bridgehead atoms. The van der Waals surface area contributed by atoms with E-state index in [-0.39, 0.29) is 13.0 Å².